The van der Waals surface area contributed by atoms with Gasteiger partial charge in [0.15, 0.2) is 0 Å². The zero-order chi connectivity index (χ0) is 23.5. The largest absolute Gasteiger partial charge is 0.508 e. The second kappa shape index (κ2) is 9.85. The highest BCUT2D eigenvalue weighted by molar-refractivity contribution is 5.78. The number of likely N-dealkylation sites (tertiary alicyclic amines) is 1. The maximum absolute atomic E-state index is 13.4. The molecule has 1 aliphatic heterocycles. The van der Waals surface area contributed by atoms with Crippen LogP contribution in [0.15, 0.2) is 66.7 Å². The monoisotopic (exact) mass is 459 g/mol. The van der Waals surface area contributed by atoms with E-state index in [9.17, 15) is 14.6 Å². The average molecular weight is 460 g/mol. The SMILES string of the molecule is Oc1ccc(CCN2CCC(Cc3nc4ccc(O)cc4n3Cc3ccc(F)cc3)CC2)cc1. The summed E-state index contributed by atoms with van der Waals surface area (Å²) in [4.78, 5) is 7.42. The summed E-state index contributed by atoms with van der Waals surface area (Å²) in [6.07, 6.45) is 4.13. The zero-order valence-corrected chi connectivity index (χ0v) is 19.2. The first-order chi connectivity index (χ1) is 16.5. The normalized spacial score (nSPS) is 15.2. The van der Waals surface area contributed by atoms with Crippen LogP contribution in [-0.2, 0) is 19.4 Å². The Balaban J connectivity index is 1.25. The predicted octanol–water partition coefficient (Wildman–Crippen LogP) is 5.13. The number of benzene rings is 3. The third-order valence-electron chi connectivity index (χ3n) is 6.90. The van der Waals surface area contributed by atoms with Gasteiger partial charge in [-0.05, 0) is 85.8 Å². The van der Waals surface area contributed by atoms with Crippen LogP contribution in [0.25, 0.3) is 11.0 Å². The average Bonchev–Trinajstić information content (AvgIpc) is 3.17. The highest BCUT2D eigenvalue weighted by Crippen LogP contribution is 2.27. The van der Waals surface area contributed by atoms with E-state index in [1.54, 1.807) is 36.4 Å². The Labute approximate surface area is 199 Å². The lowest BCUT2D eigenvalue weighted by atomic mass is 9.93. The van der Waals surface area contributed by atoms with E-state index in [0.29, 0.717) is 18.2 Å². The van der Waals surface area contributed by atoms with Crippen molar-refractivity contribution in [1.82, 2.24) is 14.5 Å². The third-order valence-corrected chi connectivity index (χ3v) is 6.90. The molecule has 0 amide bonds. The molecule has 0 spiro atoms. The summed E-state index contributed by atoms with van der Waals surface area (Å²) in [6.45, 7) is 3.77. The smallest absolute Gasteiger partial charge is 0.123 e. The molecule has 0 atom stereocenters. The van der Waals surface area contributed by atoms with Crippen molar-refractivity contribution in [2.24, 2.45) is 5.92 Å². The number of phenols is 2. The molecule has 2 heterocycles. The van der Waals surface area contributed by atoms with Gasteiger partial charge in [0, 0.05) is 25.6 Å². The van der Waals surface area contributed by atoms with Crippen LogP contribution in [0.2, 0.25) is 0 Å². The lowest BCUT2D eigenvalue weighted by Crippen LogP contribution is -2.36. The predicted molar refractivity (Wildman–Crippen MR) is 132 cm³/mol. The van der Waals surface area contributed by atoms with Crippen molar-refractivity contribution in [3.63, 3.8) is 0 Å². The molecule has 176 valence electrons. The third kappa shape index (κ3) is 5.23. The molecule has 0 saturated carbocycles. The lowest BCUT2D eigenvalue weighted by molar-refractivity contribution is 0.184. The van der Waals surface area contributed by atoms with Crippen LogP contribution >= 0.6 is 0 Å². The first kappa shape index (κ1) is 22.4. The maximum atomic E-state index is 13.4. The minimum atomic E-state index is -0.241. The van der Waals surface area contributed by atoms with Crippen LogP contribution in [0.1, 0.15) is 29.8 Å². The summed E-state index contributed by atoms with van der Waals surface area (Å²) < 4.78 is 15.6. The van der Waals surface area contributed by atoms with Crippen molar-refractivity contribution in [2.45, 2.75) is 32.2 Å². The molecule has 5 nitrogen and oxygen atoms in total. The van der Waals surface area contributed by atoms with Gasteiger partial charge in [0.2, 0.25) is 0 Å². The summed E-state index contributed by atoms with van der Waals surface area (Å²) in [5.41, 5.74) is 4.04. The van der Waals surface area contributed by atoms with Crippen LogP contribution in [0.4, 0.5) is 4.39 Å². The van der Waals surface area contributed by atoms with E-state index < -0.39 is 0 Å². The number of phenolic OH excluding ortho intramolecular Hbond substituents is 2. The number of aromatic hydroxyl groups is 2. The Kier molecular flexibility index (Phi) is 6.50. The molecule has 2 N–H and O–H groups in total. The van der Waals surface area contributed by atoms with Crippen LogP contribution in [0.5, 0.6) is 11.5 Å². The molecular weight excluding hydrogens is 429 g/mol. The van der Waals surface area contributed by atoms with Crippen LogP contribution in [-0.4, -0.2) is 44.3 Å². The molecule has 4 aromatic rings. The van der Waals surface area contributed by atoms with Gasteiger partial charge in [0.25, 0.3) is 0 Å². The van der Waals surface area contributed by atoms with Gasteiger partial charge in [-0.1, -0.05) is 24.3 Å². The maximum Gasteiger partial charge on any atom is 0.123 e. The Morgan fingerprint density at radius 3 is 2.26 bits per heavy atom. The number of rotatable bonds is 7. The van der Waals surface area contributed by atoms with Crippen molar-refractivity contribution < 1.29 is 14.6 Å². The van der Waals surface area contributed by atoms with E-state index in [-0.39, 0.29) is 11.6 Å². The second-order valence-electron chi connectivity index (χ2n) is 9.32. The topological polar surface area (TPSA) is 61.5 Å². The van der Waals surface area contributed by atoms with Gasteiger partial charge in [-0.3, -0.25) is 0 Å². The number of imidazole rings is 1. The number of hydrogen-bond acceptors (Lipinski definition) is 4. The summed E-state index contributed by atoms with van der Waals surface area (Å²) in [5, 5.41) is 19.5. The van der Waals surface area contributed by atoms with Crippen molar-refractivity contribution in [2.75, 3.05) is 19.6 Å². The van der Waals surface area contributed by atoms with Gasteiger partial charge in [0.05, 0.1) is 11.0 Å². The van der Waals surface area contributed by atoms with Gasteiger partial charge >= 0.3 is 0 Å². The van der Waals surface area contributed by atoms with Crippen molar-refractivity contribution in [3.8, 4) is 11.5 Å². The fourth-order valence-corrected chi connectivity index (χ4v) is 4.89. The first-order valence-corrected chi connectivity index (χ1v) is 12.0. The lowest BCUT2D eigenvalue weighted by Gasteiger charge is -2.32. The Bertz CT molecular complexity index is 1240. The highest BCUT2D eigenvalue weighted by Gasteiger charge is 2.22. The number of halogens is 1. The number of nitrogens with zero attached hydrogens (tertiary/aromatic N) is 3. The molecule has 0 radical (unpaired) electrons. The van der Waals surface area contributed by atoms with E-state index in [4.69, 9.17) is 4.98 Å². The fourth-order valence-electron chi connectivity index (χ4n) is 4.89. The minimum Gasteiger partial charge on any atom is -0.508 e. The molecule has 5 rings (SSSR count). The van der Waals surface area contributed by atoms with Crippen LogP contribution in [0, 0.1) is 11.7 Å². The van der Waals surface area contributed by atoms with Gasteiger partial charge in [-0.25, -0.2) is 9.37 Å². The molecule has 0 aliphatic carbocycles. The first-order valence-electron chi connectivity index (χ1n) is 12.0. The van der Waals surface area contributed by atoms with Gasteiger partial charge in [-0.2, -0.15) is 0 Å². The molecular formula is C28H30FN3O2. The molecule has 3 aromatic carbocycles. The van der Waals surface area contributed by atoms with E-state index in [0.717, 1.165) is 67.7 Å². The number of fused-ring (bicyclic) bond motifs is 1. The second-order valence-corrected chi connectivity index (χ2v) is 9.32. The van der Waals surface area contributed by atoms with Gasteiger partial charge in [0.1, 0.15) is 23.1 Å². The molecule has 1 aliphatic rings. The van der Waals surface area contributed by atoms with Gasteiger partial charge in [-0.15, -0.1) is 0 Å². The molecule has 1 saturated heterocycles. The van der Waals surface area contributed by atoms with E-state index in [1.165, 1.54) is 17.7 Å². The zero-order valence-electron chi connectivity index (χ0n) is 19.2. The molecule has 0 bridgehead atoms. The Morgan fingerprint density at radius 1 is 0.853 bits per heavy atom. The van der Waals surface area contributed by atoms with Crippen molar-refractivity contribution in [1.29, 1.82) is 0 Å². The molecule has 1 aromatic heterocycles. The molecule has 1 fully saturated rings. The van der Waals surface area contributed by atoms with Crippen LogP contribution < -0.4 is 0 Å². The van der Waals surface area contributed by atoms with E-state index >= 15 is 0 Å². The van der Waals surface area contributed by atoms with E-state index in [1.807, 2.05) is 18.2 Å². The van der Waals surface area contributed by atoms with Gasteiger partial charge < -0.3 is 19.7 Å². The molecule has 6 heteroatoms. The summed E-state index contributed by atoms with van der Waals surface area (Å²) in [7, 11) is 0. The Hall–Kier alpha value is -3.38. The Morgan fingerprint density at radius 2 is 1.53 bits per heavy atom. The van der Waals surface area contributed by atoms with Crippen molar-refractivity contribution >= 4 is 11.0 Å². The summed E-state index contributed by atoms with van der Waals surface area (Å²) in [5.74, 6) is 1.87. The minimum absolute atomic E-state index is 0.223. The van der Waals surface area contributed by atoms with Crippen LogP contribution in [0.3, 0.4) is 0 Å². The number of aromatic nitrogens is 2. The molecule has 34 heavy (non-hydrogen) atoms. The summed E-state index contributed by atoms with van der Waals surface area (Å²) in [6, 6.07) is 19.4. The fraction of sp³-hybridized carbons (Fsp3) is 0.321. The highest BCUT2D eigenvalue weighted by atomic mass is 19.1. The summed E-state index contributed by atoms with van der Waals surface area (Å²) >= 11 is 0. The number of piperidine rings is 1. The quantitative estimate of drug-likeness (QED) is 0.402. The van der Waals surface area contributed by atoms with Crippen molar-refractivity contribution in [3.05, 3.63) is 89.5 Å². The molecule has 0 unspecified atom stereocenters. The number of hydrogen-bond donors (Lipinski definition) is 2. The standard InChI is InChI=1S/C28H30FN3O2/c29-23-5-1-22(2-6-23)19-32-27-18-25(34)9-10-26(27)30-28(32)17-21-12-15-31(16-13-21)14-11-20-3-7-24(33)8-4-20/h1-10,18,21,33-34H,11-17,19H2. The van der Waals surface area contributed by atoms with E-state index in [2.05, 4.69) is 9.47 Å².